The molecule has 0 unspecified atom stereocenters. The molecule has 1 aliphatic rings. The van der Waals surface area contributed by atoms with Crippen LogP contribution in [-0.4, -0.2) is 43.8 Å². The molecule has 0 amide bonds. The second-order valence-electron chi connectivity index (χ2n) is 9.82. The molecule has 1 aromatic heterocycles. The van der Waals surface area contributed by atoms with Crippen molar-refractivity contribution in [1.29, 1.82) is 0 Å². The first-order valence-corrected chi connectivity index (χ1v) is 11.6. The number of hydrogen-bond donors (Lipinski definition) is 5. The molecule has 2 aromatic carbocycles. The van der Waals surface area contributed by atoms with Crippen LogP contribution in [0.4, 0.5) is 0 Å². The first kappa shape index (κ1) is 25.3. The molecule has 1 atom stereocenters. The Balaban J connectivity index is 2.16. The standard InChI is InChI=1S/C28H30O8/c1-13(2)18(30)10-17-26-16(8-9-28(4,5)36-26)24(33)22-25(34)21-15(7-6-14(3)12-29)23(32)19(31)11-20(21)35-27(17)22/h6,8-9,11,18,29-33H,1,7,10,12H2,2-5H3/t18-/m1/s1. The quantitative estimate of drug-likeness (QED) is 0.195. The van der Waals surface area contributed by atoms with Crippen molar-refractivity contribution in [2.24, 2.45) is 0 Å². The van der Waals surface area contributed by atoms with E-state index in [9.17, 15) is 30.3 Å². The Morgan fingerprint density at radius 3 is 2.47 bits per heavy atom. The van der Waals surface area contributed by atoms with Crippen LogP contribution in [0.1, 0.15) is 44.4 Å². The van der Waals surface area contributed by atoms with Crippen molar-refractivity contribution in [3.63, 3.8) is 0 Å². The minimum Gasteiger partial charge on any atom is -0.506 e. The zero-order valence-electron chi connectivity index (χ0n) is 20.7. The molecule has 36 heavy (non-hydrogen) atoms. The topological polar surface area (TPSA) is 141 Å². The van der Waals surface area contributed by atoms with Gasteiger partial charge in [-0.05, 0) is 46.3 Å². The third-order valence-corrected chi connectivity index (χ3v) is 6.41. The van der Waals surface area contributed by atoms with Crippen molar-refractivity contribution in [3.05, 3.63) is 62.9 Å². The van der Waals surface area contributed by atoms with Crippen LogP contribution in [0.2, 0.25) is 0 Å². The molecule has 0 saturated heterocycles. The molecule has 190 valence electrons. The molecule has 4 rings (SSSR count). The van der Waals surface area contributed by atoms with E-state index in [0.29, 0.717) is 16.7 Å². The Bertz CT molecular complexity index is 1520. The zero-order chi connectivity index (χ0) is 26.5. The van der Waals surface area contributed by atoms with Crippen LogP contribution < -0.4 is 10.2 Å². The van der Waals surface area contributed by atoms with E-state index >= 15 is 0 Å². The van der Waals surface area contributed by atoms with Crippen LogP contribution in [0.3, 0.4) is 0 Å². The predicted octanol–water partition coefficient (Wildman–Crippen LogP) is 4.21. The van der Waals surface area contributed by atoms with Crippen LogP contribution in [0, 0.1) is 0 Å². The van der Waals surface area contributed by atoms with Gasteiger partial charge in [0, 0.05) is 23.6 Å². The van der Waals surface area contributed by atoms with Gasteiger partial charge in [-0.1, -0.05) is 23.8 Å². The molecule has 0 radical (unpaired) electrons. The average Bonchev–Trinajstić information content (AvgIpc) is 2.80. The molecule has 3 aromatic rings. The summed E-state index contributed by atoms with van der Waals surface area (Å²) >= 11 is 0. The highest BCUT2D eigenvalue weighted by Gasteiger charge is 2.32. The lowest BCUT2D eigenvalue weighted by molar-refractivity contribution is 0.153. The molecule has 0 bridgehead atoms. The Hall–Kier alpha value is -3.75. The van der Waals surface area contributed by atoms with Crippen molar-refractivity contribution >= 4 is 28.0 Å². The van der Waals surface area contributed by atoms with Gasteiger partial charge in [0.05, 0.1) is 23.7 Å². The molecule has 5 N–H and O–H groups in total. The maximum Gasteiger partial charge on any atom is 0.204 e. The highest BCUT2D eigenvalue weighted by molar-refractivity contribution is 6.01. The van der Waals surface area contributed by atoms with E-state index in [2.05, 4.69) is 6.58 Å². The van der Waals surface area contributed by atoms with E-state index in [1.54, 1.807) is 32.1 Å². The van der Waals surface area contributed by atoms with Crippen molar-refractivity contribution in [2.45, 2.75) is 52.2 Å². The number of hydrogen-bond acceptors (Lipinski definition) is 8. The summed E-state index contributed by atoms with van der Waals surface area (Å²) in [6.45, 7) is 10.6. The number of benzene rings is 2. The number of aliphatic hydroxyl groups excluding tert-OH is 2. The molecule has 8 nitrogen and oxygen atoms in total. The van der Waals surface area contributed by atoms with E-state index in [1.165, 1.54) is 0 Å². The first-order valence-electron chi connectivity index (χ1n) is 11.6. The maximum atomic E-state index is 13.9. The minimum absolute atomic E-state index is 0.00215. The third-order valence-electron chi connectivity index (χ3n) is 6.41. The second kappa shape index (κ2) is 9.04. The van der Waals surface area contributed by atoms with Crippen LogP contribution in [0.5, 0.6) is 23.0 Å². The van der Waals surface area contributed by atoms with Crippen molar-refractivity contribution in [2.75, 3.05) is 6.61 Å². The number of phenolic OH excluding ortho intramolecular Hbond substituents is 3. The van der Waals surface area contributed by atoms with Gasteiger partial charge in [-0.25, -0.2) is 0 Å². The number of phenols is 3. The molecule has 0 saturated carbocycles. The Morgan fingerprint density at radius 1 is 1.14 bits per heavy atom. The average molecular weight is 495 g/mol. The first-order chi connectivity index (χ1) is 16.9. The summed E-state index contributed by atoms with van der Waals surface area (Å²) in [5, 5.41) is 52.0. The number of allylic oxidation sites excluding steroid dienone is 1. The summed E-state index contributed by atoms with van der Waals surface area (Å²) < 4.78 is 12.3. The summed E-state index contributed by atoms with van der Waals surface area (Å²) in [6, 6.07) is 1.14. The van der Waals surface area contributed by atoms with E-state index in [-0.39, 0.29) is 64.0 Å². The van der Waals surface area contributed by atoms with Crippen molar-refractivity contribution < 1.29 is 34.7 Å². The second-order valence-corrected chi connectivity index (χ2v) is 9.82. The van der Waals surface area contributed by atoms with Gasteiger partial charge in [-0.15, -0.1) is 0 Å². The third kappa shape index (κ3) is 4.23. The molecule has 0 fully saturated rings. The van der Waals surface area contributed by atoms with Gasteiger partial charge in [0.1, 0.15) is 33.7 Å². The Labute approximate surface area is 207 Å². The molecule has 2 heterocycles. The fraction of sp³-hybridized carbons (Fsp3) is 0.321. The van der Waals surface area contributed by atoms with Gasteiger partial charge in [-0.2, -0.15) is 0 Å². The fourth-order valence-electron chi connectivity index (χ4n) is 4.29. The summed E-state index contributed by atoms with van der Waals surface area (Å²) in [7, 11) is 0. The summed E-state index contributed by atoms with van der Waals surface area (Å²) in [6.07, 6.45) is 4.09. The number of aromatic hydroxyl groups is 3. The van der Waals surface area contributed by atoms with Crippen molar-refractivity contribution in [3.8, 4) is 23.0 Å². The lowest BCUT2D eigenvalue weighted by atomic mass is 9.92. The molecule has 8 heteroatoms. The highest BCUT2D eigenvalue weighted by Crippen LogP contribution is 2.46. The van der Waals surface area contributed by atoms with Crippen LogP contribution in [0.15, 0.2) is 45.2 Å². The summed E-state index contributed by atoms with van der Waals surface area (Å²) in [5.41, 5.74) is 0.508. The minimum atomic E-state index is -0.976. The number of rotatable bonds is 6. The van der Waals surface area contributed by atoms with E-state index in [4.69, 9.17) is 9.15 Å². The number of ether oxygens (including phenoxy) is 1. The molecular formula is C28H30O8. The summed E-state index contributed by atoms with van der Waals surface area (Å²) in [4.78, 5) is 13.9. The molecule has 0 aliphatic carbocycles. The van der Waals surface area contributed by atoms with Crippen LogP contribution in [0.25, 0.3) is 28.0 Å². The lowest BCUT2D eigenvalue weighted by Crippen LogP contribution is -2.29. The molecular weight excluding hydrogens is 464 g/mol. The molecule has 0 spiro atoms. The largest absolute Gasteiger partial charge is 0.506 e. The van der Waals surface area contributed by atoms with E-state index < -0.39 is 28.6 Å². The van der Waals surface area contributed by atoms with Gasteiger partial charge in [0.2, 0.25) is 5.43 Å². The smallest absolute Gasteiger partial charge is 0.204 e. The van der Waals surface area contributed by atoms with E-state index in [1.807, 2.05) is 13.8 Å². The normalized spacial score (nSPS) is 15.7. The van der Waals surface area contributed by atoms with Crippen LogP contribution >= 0.6 is 0 Å². The Kier molecular flexibility index (Phi) is 6.36. The van der Waals surface area contributed by atoms with Gasteiger partial charge >= 0.3 is 0 Å². The highest BCUT2D eigenvalue weighted by atomic mass is 16.5. The number of aliphatic hydroxyl groups is 2. The van der Waals surface area contributed by atoms with Gasteiger partial charge in [-0.3, -0.25) is 4.79 Å². The predicted molar refractivity (Wildman–Crippen MR) is 138 cm³/mol. The zero-order valence-corrected chi connectivity index (χ0v) is 20.7. The molecule has 1 aliphatic heterocycles. The fourth-order valence-corrected chi connectivity index (χ4v) is 4.29. The number of fused-ring (bicyclic) bond motifs is 3. The SMILES string of the molecule is C=C(C)[C@H](O)Cc1c2c(c(O)c3c(=O)c4c(CC=C(C)CO)c(O)c(O)cc4oc13)C=CC(C)(C)O2. The van der Waals surface area contributed by atoms with Gasteiger partial charge in [0.25, 0.3) is 0 Å². The van der Waals surface area contributed by atoms with Gasteiger partial charge < -0.3 is 34.7 Å². The van der Waals surface area contributed by atoms with Crippen LogP contribution in [-0.2, 0) is 12.8 Å². The summed E-state index contributed by atoms with van der Waals surface area (Å²) in [5.74, 6) is -1.05. The van der Waals surface area contributed by atoms with Crippen molar-refractivity contribution in [1.82, 2.24) is 0 Å². The maximum absolute atomic E-state index is 13.9. The lowest BCUT2D eigenvalue weighted by Gasteiger charge is -2.31. The van der Waals surface area contributed by atoms with Gasteiger partial charge in [0.15, 0.2) is 11.5 Å². The van der Waals surface area contributed by atoms with E-state index in [0.717, 1.165) is 6.07 Å². The monoisotopic (exact) mass is 494 g/mol. The Morgan fingerprint density at radius 2 is 1.83 bits per heavy atom.